The fourth-order valence-electron chi connectivity index (χ4n) is 4.53. The van der Waals surface area contributed by atoms with E-state index in [1.807, 2.05) is 0 Å². The van der Waals surface area contributed by atoms with Gasteiger partial charge in [0.2, 0.25) is 0 Å². The van der Waals surface area contributed by atoms with Crippen molar-refractivity contribution in [3.63, 3.8) is 0 Å². The van der Waals surface area contributed by atoms with Gasteiger partial charge in [-0.15, -0.1) is 0 Å². The van der Waals surface area contributed by atoms with Crippen LogP contribution >= 0.6 is 0 Å². The lowest BCUT2D eigenvalue weighted by molar-refractivity contribution is 0.0728. The minimum Gasteiger partial charge on any atom is -0.491 e. The van der Waals surface area contributed by atoms with Gasteiger partial charge in [0.05, 0.1) is 12.2 Å². The standard InChI is InChI=1S/C34H42F2O3/c1-3-5-7-9-10-11-13-23-38-32-22-20-29(25-31(32)36)27-16-18-28(19-17-27)34(37)39-33-21-15-26(24-30(33)35)14-12-8-6-4-2/h15-22,24-25H,3-14,23H2,1-2H3. The van der Waals surface area contributed by atoms with Crippen molar-refractivity contribution < 1.29 is 23.0 Å². The van der Waals surface area contributed by atoms with Crippen LogP contribution in [0.2, 0.25) is 0 Å². The molecular formula is C34H42F2O3. The van der Waals surface area contributed by atoms with Gasteiger partial charge in [-0.3, -0.25) is 0 Å². The third-order valence-electron chi connectivity index (χ3n) is 6.91. The van der Waals surface area contributed by atoms with Crippen LogP contribution in [0.3, 0.4) is 0 Å². The summed E-state index contributed by atoms with van der Waals surface area (Å²) in [5, 5.41) is 0. The Morgan fingerprint density at radius 3 is 1.90 bits per heavy atom. The van der Waals surface area contributed by atoms with Crippen molar-refractivity contribution in [2.45, 2.75) is 90.9 Å². The molecule has 3 nitrogen and oxygen atoms in total. The van der Waals surface area contributed by atoms with Gasteiger partial charge in [0.15, 0.2) is 23.1 Å². The summed E-state index contributed by atoms with van der Waals surface area (Å²) in [7, 11) is 0. The number of esters is 1. The maximum Gasteiger partial charge on any atom is 0.343 e. The second-order valence-electron chi connectivity index (χ2n) is 10.2. The Bertz CT molecular complexity index is 1160. The second kappa shape index (κ2) is 16.7. The monoisotopic (exact) mass is 536 g/mol. The van der Waals surface area contributed by atoms with E-state index < -0.39 is 17.6 Å². The number of ether oxygens (including phenoxy) is 2. The van der Waals surface area contributed by atoms with Gasteiger partial charge in [-0.2, -0.15) is 0 Å². The summed E-state index contributed by atoms with van der Waals surface area (Å²) in [6.45, 7) is 4.86. The second-order valence-corrected chi connectivity index (χ2v) is 10.2. The van der Waals surface area contributed by atoms with Crippen LogP contribution in [0.15, 0.2) is 60.7 Å². The van der Waals surface area contributed by atoms with Gasteiger partial charge in [-0.05, 0) is 72.4 Å². The maximum atomic E-state index is 14.6. The molecular weight excluding hydrogens is 494 g/mol. The molecule has 39 heavy (non-hydrogen) atoms. The molecule has 0 saturated carbocycles. The average molecular weight is 537 g/mol. The van der Waals surface area contributed by atoms with Gasteiger partial charge in [0.1, 0.15) is 0 Å². The van der Waals surface area contributed by atoms with Crippen molar-refractivity contribution in [2.24, 2.45) is 0 Å². The molecule has 0 radical (unpaired) electrons. The van der Waals surface area contributed by atoms with Gasteiger partial charge < -0.3 is 9.47 Å². The minimum atomic E-state index is -0.642. The van der Waals surface area contributed by atoms with E-state index in [1.54, 1.807) is 42.5 Å². The zero-order chi connectivity index (χ0) is 27.9. The molecule has 0 aliphatic carbocycles. The molecule has 0 N–H and O–H groups in total. The molecule has 0 spiro atoms. The normalized spacial score (nSPS) is 11.0. The van der Waals surface area contributed by atoms with E-state index in [9.17, 15) is 13.6 Å². The zero-order valence-corrected chi connectivity index (χ0v) is 23.4. The number of unbranched alkanes of at least 4 members (excludes halogenated alkanes) is 9. The molecule has 5 heteroatoms. The first-order valence-electron chi connectivity index (χ1n) is 14.5. The highest BCUT2D eigenvalue weighted by Gasteiger charge is 2.14. The molecule has 0 unspecified atom stereocenters. The molecule has 0 saturated heterocycles. The molecule has 3 aromatic carbocycles. The van der Waals surface area contributed by atoms with Gasteiger partial charge in [-0.1, -0.05) is 95.9 Å². The Labute approximate surface area is 232 Å². The summed E-state index contributed by atoms with van der Waals surface area (Å²) >= 11 is 0. The Morgan fingerprint density at radius 1 is 0.641 bits per heavy atom. The smallest absolute Gasteiger partial charge is 0.343 e. The summed E-state index contributed by atoms with van der Waals surface area (Å²) in [5.74, 6) is -1.44. The van der Waals surface area contributed by atoms with Gasteiger partial charge >= 0.3 is 5.97 Å². The van der Waals surface area contributed by atoms with Crippen LogP contribution in [0.4, 0.5) is 8.78 Å². The lowest BCUT2D eigenvalue weighted by Gasteiger charge is -2.10. The van der Waals surface area contributed by atoms with E-state index in [-0.39, 0.29) is 17.1 Å². The summed E-state index contributed by atoms with van der Waals surface area (Å²) in [5.41, 5.74) is 2.62. The largest absolute Gasteiger partial charge is 0.491 e. The fraction of sp³-hybridized carbons (Fsp3) is 0.441. The van der Waals surface area contributed by atoms with E-state index in [4.69, 9.17) is 9.47 Å². The highest BCUT2D eigenvalue weighted by Crippen LogP contribution is 2.27. The highest BCUT2D eigenvalue weighted by molar-refractivity contribution is 5.91. The topological polar surface area (TPSA) is 35.5 Å². The van der Waals surface area contributed by atoms with Crippen molar-refractivity contribution in [3.05, 3.63) is 83.4 Å². The Morgan fingerprint density at radius 2 is 1.23 bits per heavy atom. The summed E-state index contributed by atoms with van der Waals surface area (Å²) < 4.78 is 40.1. The van der Waals surface area contributed by atoms with Crippen LogP contribution in [0.1, 0.15) is 100 Å². The predicted molar refractivity (Wildman–Crippen MR) is 155 cm³/mol. The SMILES string of the molecule is CCCCCCCCCOc1ccc(-c2ccc(C(=O)Oc3ccc(CCCCCC)cc3F)cc2)cc1F. The number of carbonyl (C=O) groups is 1. The molecule has 0 fully saturated rings. The third-order valence-corrected chi connectivity index (χ3v) is 6.91. The van der Waals surface area contributed by atoms with Crippen LogP contribution < -0.4 is 9.47 Å². The van der Waals surface area contributed by atoms with Gasteiger partial charge in [-0.25, -0.2) is 13.6 Å². The first-order chi connectivity index (χ1) is 19.0. The Hall–Kier alpha value is -3.21. The summed E-state index contributed by atoms with van der Waals surface area (Å²) in [6, 6.07) is 16.3. The molecule has 0 atom stereocenters. The fourth-order valence-corrected chi connectivity index (χ4v) is 4.53. The first kappa shape index (κ1) is 30.3. The molecule has 0 aromatic heterocycles. The van der Waals surface area contributed by atoms with E-state index in [0.717, 1.165) is 49.7 Å². The molecule has 0 heterocycles. The van der Waals surface area contributed by atoms with Crippen LogP contribution in [0, 0.1) is 11.6 Å². The minimum absolute atomic E-state index is 0.0875. The Balaban J connectivity index is 1.50. The number of carbonyl (C=O) groups excluding carboxylic acids is 1. The number of benzene rings is 3. The molecule has 3 aromatic rings. The highest BCUT2D eigenvalue weighted by atomic mass is 19.1. The Kier molecular flexibility index (Phi) is 13.0. The molecule has 0 amide bonds. The van der Waals surface area contributed by atoms with Crippen LogP contribution in [-0.4, -0.2) is 12.6 Å². The molecule has 0 aliphatic heterocycles. The molecule has 0 aliphatic rings. The lowest BCUT2D eigenvalue weighted by atomic mass is 10.0. The van der Waals surface area contributed by atoms with Crippen molar-refractivity contribution in [1.82, 2.24) is 0 Å². The number of hydrogen-bond donors (Lipinski definition) is 0. The lowest BCUT2D eigenvalue weighted by Crippen LogP contribution is -2.09. The van der Waals surface area contributed by atoms with E-state index >= 15 is 0 Å². The molecule has 3 rings (SSSR count). The number of rotatable bonds is 17. The van der Waals surface area contributed by atoms with Gasteiger partial charge in [0, 0.05) is 0 Å². The summed E-state index contributed by atoms with van der Waals surface area (Å²) in [6.07, 6.45) is 13.5. The maximum absolute atomic E-state index is 14.6. The number of halogens is 2. The third kappa shape index (κ3) is 10.1. The van der Waals surface area contributed by atoms with Crippen LogP contribution in [-0.2, 0) is 6.42 Å². The number of aryl methyl sites for hydroxylation is 1. The van der Waals surface area contributed by atoms with Crippen LogP contribution in [0.5, 0.6) is 11.5 Å². The summed E-state index contributed by atoms with van der Waals surface area (Å²) in [4.78, 5) is 12.6. The van der Waals surface area contributed by atoms with Crippen LogP contribution in [0.25, 0.3) is 11.1 Å². The zero-order valence-electron chi connectivity index (χ0n) is 23.4. The molecule has 210 valence electrons. The van der Waals surface area contributed by atoms with E-state index in [1.165, 1.54) is 56.7 Å². The molecule has 0 bridgehead atoms. The average Bonchev–Trinajstić information content (AvgIpc) is 2.94. The predicted octanol–water partition coefficient (Wildman–Crippen LogP) is 10.1. The van der Waals surface area contributed by atoms with Crippen molar-refractivity contribution in [3.8, 4) is 22.6 Å². The van der Waals surface area contributed by atoms with Crippen molar-refractivity contribution >= 4 is 5.97 Å². The first-order valence-corrected chi connectivity index (χ1v) is 14.5. The van der Waals surface area contributed by atoms with E-state index in [2.05, 4.69) is 13.8 Å². The quantitative estimate of drug-likeness (QED) is 0.0978. The number of hydrogen-bond acceptors (Lipinski definition) is 3. The van der Waals surface area contributed by atoms with E-state index in [0.29, 0.717) is 12.2 Å². The van der Waals surface area contributed by atoms with Crippen molar-refractivity contribution in [1.29, 1.82) is 0 Å². The van der Waals surface area contributed by atoms with Gasteiger partial charge in [0.25, 0.3) is 0 Å². The van der Waals surface area contributed by atoms with Crippen molar-refractivity contribution in [2.75, 3.05) is 6.61 Å².